The van der Waals surface area contributed by atoms with Gasteiger partial charge in [-0.25, -0.2) is 0 Å². The second kappa shape index (κ2) is 5.46. The molecular formula is C15H12ClF3O. The summed E-state index contributed by atoms with van der Waals surface area (Å²) in [5.41, 5.74) is 0.105. The van der Waals surface area contributed by atoms with Gasteiger partial charge in [0.2, 0.25) is 0 Å². The highest BCUT2D eigenvalue weighted by Crippen LogP contribution is 2.36. The Morgan fingerprint density at radius 3 is 2.35 bits per heavy atom. The first-order valence-corrected chi connectivity index (χ1v) is 6.28. The van der Waals surface area contributed by atoms with E-state index in [0.29, 0.717) is 10.6 Å². The number of aryl methyl sites for hydroxylation is 1. The zero-order chi connectivity index (χ0) is 14.9. The van der Waals surface area contributed by atoms with Crippen molar-refractivity contribution in [2.24, 2.45) is 0 Å². The van der Waals surface area contributed by atoms with Crippen LogP contribution in [0.2, 0.25) is 5.02 Å². The lowest BCUT2D eigenvalue weighted by molar-refractivity contribution is -0.139. The summed E-state index contributed by atoms with van der Waals surface area (Å²) in [5.74, 6) is 0. The number of halogens is 4. The molecule has 2 aromatic carbocycles. The molecule has 0 aliphatic carbocycles. The van der Waals surface area contributed by atoms with Crippen LogP contribution in [0, 0.1) is 6.92 Å². The second-order valence-corrected chi connectivity index (χ2v) is 4.90. The quantitative estimate of drug-likeness (QED) is 0.848. The maximum absolute atomic E-state index is 12.9. The smallest absolute Gasteiger partial charge is 0.384 e. The van der Waals surface area contributed by atoms with Gasteiger partial charge in [-0.1, -0.05) is 41.9 Å². The third-order valence-corrected chi connectivity index (χ3v) is 3.48. The maximum Gasteiger partial charge on any atom is 0.416 e. The third kappa shape index (κ3) is 2.97. The highest BCUT2D eigenvalue weighted by Gasteiger charge is 2.34. The molecule has 0 aliphatic rings. The van der Waals surface area contributed by atoms with Gasteiger partial charge in [-0.15, -0.1) is 0 Å². The summed E-state index contributed by atoms with van der Waals surface area (Å²) < 4.78 is 38.8. The van der Waals surface area contributed by atoms with Gasteiger partial charge in [-0.05, 0) is 35.7 Å². The number of hydrogen-bond acceptors (Lipinski definition) is 1. The molecule has 0 radical (unpaired) electrons. The maximum atomic E-state index is 12.9. The number of aliphatic hydroxyl groups is 1. The Labute approximate surface area is 119 Å². The fourth-order valence-electron chi connectivity index (χ4n) is 1.95. The van der Waals surface area contributed by atoms with Crippen molar-refractivity contribution >= 4 is 11.6 Å². The van der Waals surface area contributed by atoms with E-state index in [-0.39, 0.29) is 5.56 Å². The summed E-state index contributed by atoms with van der Waals surface area (Å²) in [7, 11) is 0. The highest BCUT2D eigenvalue weighted by atomic mass is 35.5. The van der Waals surface area contributed by atoms with Crippen LogP contribution in [0.15, 0.2) is 42.5 Å². The molecule has 5 heteroatoms. The lowest BCUT2D eigenvalue weighted by Gasteiger charge is -2.18. The number of aliphatic hydroxyl groups excluding tert-OH is 1. The minimum Gasteiger partial charge on any atom is -0.384 e. The summed E-state index contributed by atoms with van der Waals surface area (Å²) in [6.07, 6.45) is -5.88. The van der Waals surface area contributed by atoms with Crippen LogP contribution in [0.3, 0.4) is 0 Å². The molecule has 0 saturated carbocycles. The molecule has 2 rings (SSSR count). The molecule has 2 aromatic rings. The van der Waals surface area contributed by atoms with E-state index in [9.17, 15) is 18.3 Å². The lowest BCUT2D eigenvalue weighted by Crippen LogP contribution is -2.12. The minimum atomic E-state index is -4.51. The van der Waals surface area contributed by atoms with Gasteiger partial charge < -0.3 is 5.11 Å². The van der Waals surface area contributed by atoms with E-state index in [1.165, 1.54) is 24.3 Å². The molecule has 1 atom stereocenters. The summed E-state index contributed by atoms with van der Waals surface area (Å²) in [6, 6.07) is 9.69. The van der Waals surface area contributed by atoms with Gasteiger partial charge in [0, 0.05) is 5.02 Å². The molecule has 0 aromatic heterocycles. The summed E-state index contributed by atoms with van der Waals surface area (Å²) in [5, 5.41) is 10.6. The fourth-order valence-corrected chi connectivity index (χ4v) is 2.14. The van der Waals surface area contributed by atoms with E-state index in [2.05, 4.69) is 0 Å². The van der Waals surface area contributed by atoms with Crippen molar-refractivity contribution in [1.82, 2.24) is 0 Å². The van der Waals surface area contributed by atoms with Crippen LogP contribution >= 0.6 is 11.6 Å². The van der Waals surface area contributed by atoms with Gasteiger partial charge >= 0.3 is 6.18 Å². The summed E-state index contributed by atoms with van der Waals surface area (Å²) in [4.78, 5) is 0. The van der Waals surface area contributed by atoms with E-state index < -0.39 is 17.8 Å². The Kier molecular flexibility index (Phi) is 4.06. The van der Waals surface area contributed by atoms with Crippen LogP contribution in [0.25, 0.3) is 0 Å². The minimum absolute atomic E-state index is 0.181. The van der Waals surface area contributed by atoms with Gasteiger partial charge in [-0.3, -0.25) is 0 Å². The number of alkyl halides is 3. The van der Waals surface area contributed by atoms with E-state index >= 15 is 0 Å². The molecule has 0 bridgehead atoms. The van der Waals surface area contributed by atoms with Crippen LogP contribution in [0.4, 0.5) is 13.2 Å². The number of benzene rings is 2. The van der Waals surface area contributed by atoms with E-state index in [1.807, 2.05) is 0 Å². The average Bonchev–Trinajstić information content (AvgIpc) is 2.40. The Bertz CT molecular complexity index is 623. The predicted octanol–water partition coefficient (Wildman–Crippen LogP) is 4.75. The molecule has 1 nitrogen and oxygen atoms in total. The van der Waals surface area contributed by atoms with Crippen molar-refractivity contribution in [2.75, 3.05) is 0 Å². The van der Waals surface area contributed by atoms with Crippen LogP contribution in [-0.4, -0.2) is 5.11 Å². The molecule has 20 heavy (non-hydrogen) atoms. The molecular weight excluding hydrogens is 289 g/mol. The van der Waals surface area contributed by atoms with Gasteiger partial charge in [0.25, 0.3) is 0 Å². The van der Waals surface area contributed by atoms with Crippen molar-refractivity contribution in [1.29, 1.82) is 0 Å². The third-order valence-electron chi connectivity index (χ3n) is 3.07. The summed E-state index contributed by atoms with van der Waals surface area (Å²) in [6.45, 7) is 1.78. The van der Waals surface area contributed by atoms with Crippen molar-refractivity contribution in [2.45, 2.75) is 19.2 Å². The molecule has 0 saturated heterocycles. The van der Waals surface area contributed by atoms with Crippen molar-refractivity contribution in [3.63, 3.8) is 0 Å². The molecule has 0 fully saturated rings. The average molecular weight is 301 g/mol. The normalized spacial score (nSPS) is 13.3. The van der Waals surface area contributed by atoms with Crippen LogP contribution in [-0.2, 0) is 6.18 Å². The first-order valence-electron chi connectivity index (χ1n) is 5.91. The number of rotatable bonds is 2. The van der Waals surface area contributed by atoms with E-state index in [1.54, 1.807) is 19.1 Å². The van der Waals surface area contributed by atoms with E-state index in [0.717, 1.165) is 11.6 Å². The number of hydrogen-bond donors (Lipinski definition) is 1. The predicted molar refractivity (Wildman–Crippen MR) is 71.7 cm³/mol. The molecule has 0 spiro atoms. The van der Waals surface area contributed by atoms with Crippen molar-refractivity contribution in [3.8, 4) is 0 Å². The fraction of sp³-hybridized carbons (Fsp3) is 0.200. The van der Waals surface area contributed by atoms with Crippen molar-refractivity contribution in [3.05, 3.63) is 69.7 Å². The second-order valence-electron chi connectivity index (χ2n) is 4.50. The molecule has 0 heterocycles. The Balaban J connectivity index is 2.48. The SMILES string of the molecule is Cc1ccc(C(O)c2ccccc2C(F)(F)F)cc1Cl. The van der Waals surface area contributed by atoms with Crippen molar-refractivity contribution < 1.29 is 18.3 Å². The van der Waals surface area contributed by atoms with Crippen LogP contribution < -0.4 is 0 Å². The van der Waals surface area contributed by atoms with Crippen LogP contribution in [0.1, 0.15) is 28.4 Å². The van der Waals surface area contributed by atoms with E-state index in [4.69, 9.17) is 11.6 Å². The lowest BCUT2D eigenvalue weighted by atomic mass is 9.96. The summed E-state index contributed by atoms with van der Waals surface area (Å²) >= 11 is 5.94. The molecule has 0 amide bonds. The van der Waals surface area contributed by atoms with Crippen LogP contribution in [0.5, 0.6) is 0 Å². The molecule has 1 N–H and O–H groups in total. The highest BCUT2D eigenvalue weighted by molar-refractivity contribution is 6.31. The topological polar surface area (TPSA) is 20.2 Å². The Morgan fingerprint density at radius 1 is 1.10 bits per heavy atom. The van der Waals surface area contributed by atoms with Gasteiger partial charge in [0.1, 0.15) is 6.10 Å². The molecule has 1 unspecified atom stereocenters. The Morgan fingerprint density at radius 2 is 1.75 bits per heavy atom. The standard InChI is InChI=1S/C15H12ClF3O/c1-9-6-7-10(8-13(9)16)14(20)11-4-2-3-5-12(11)15(17,18)19/h2-8,14,20H,1H3. The first-order chi connectivity index (χ1) is 9.30. The van der Waals surface area contributed by atoms with Gasteiger partial charge in [-0.2, -0.15) is 13.2 Å². The Hall–Kier alpha value is -1.52. The molecule has 106 valence electrons. The zero-order valence-corrected chi connectivity index (χ0v) is 11.3. The monoisotopic (exact) mass is 300 g/mol. The largest absolute Gasteiger partial charge is 0.416 e. The zero-order valence-electron chi connectivity index (χ0n) is 10.6. The van der Waals surface area contributed by atoms with Gasteiger partial charge in [0.15, 0.2) is 0 Å². The first kappa shape index (κ1) is 14.9. The molecule has 0 aliphatic heterocycles. The van der Waals surface area contributed by atoms with Gasteiger partial charge in [0.05, 0.1) is 5.56 Å².